The fraction of sp³-hybridized carbons (Fsp3) is 0.438. The Morgan fingerprint density at radius 3 is 2.88 bits per heavy atom. The average molecular weight is 352 g/mol. The molecule has 0 radical (unpaired) electrons. The molecule has 0 unspecified atom stereocenters. The van der Waals surface area contributed by atoms with Crippen LogP contribution in [0, 0.1) is 11.8 Å². The van der Waals surface area contributed by atoms with Crippen LogP contribution in [0.2, 0.25) is 5.02 Å². The van der Waals surface area contributed by atoms with Crippen molar-refractivity contribution in [3.63, 3.8) is 0 Å². The first-order valence-electron chi connectivity index (χ1n) is 7.78. The third-order valence-corrected chi connectivity index (χ3v) is 4.39. The van der Waals surface area contributed by atoms with Crippen molar-refractivity contribution >= 4 is 40.7 Å². The van der Waals surface area contributed by atoms with E-state index in [0.717, 1.165) is 6.42 Å². The Morgan fingerprint density at radius 2 is 2.17 bits per heavy atom. The van der Waals surface area contributed by atoms with E-state index in [1.54, 1.807) is 6.07 Å². The maximum absolute atomic E-state index is 12.0. The van der Waals surface area contributed by atoms with Gasteiger partial charge in [0.25, 0.3) is 5.91 Å². The Morgan fingerprint density at radius 1 is 1.42 bits per heavy atom. The fourth-order valence-electron chi connectivity index (χ4n) is 2.53. The van der Waals surface area contributed by atoms with E-state index >= 15 is 0 Å². The van der Waals surface area contributed by atoms with Crippen molar-refractivity contribution in [2.75, 3.05) is 23.8 Å². The number of carbonyl (C=O) groups is 3. The summed E-state index contributed by atoms with van der Waals surface area (Å²) in [4.78, 5) is 34.9. The molecule has 1 aliphatic heterocycles. The second-order valence-electron chi connectivity index (χ2n) is 6.07. The minimum atomic E-state index is -0.263. The third-order valence-electron chi connectivity index (χ3n) is 4.07. The lowest BCUT2D eigenvalue weighted by Gasteiger charge is -2.19. The summed E-state index contributed by atoms with van der Waals surface area (Å²) in [5.41, 5.74) is 0.874. The number of hydrogen-bond donors (Lipinski definition) is 3. The van der Waals surface area contributed by atoms with Crippen LogP contribution in [0.5, 0.6) is 5.75 Å². The van der Waals surface area contributed by atoms with Crippen molar-refractivity contribution in [3.8, 4) is 5.75 Å². The molecule has 0 spiro atoms. The Bertz CT molecular complexity index is 707. The fourth-order valence-corrected chi connectivity index (χ4v) is 2.74. The molecule has 2 atom stereocenters. The lowest BCUT2D eigenvalue weighted by molar-refractivity contribution is -0.122. The molecule has 3 rings (SSSR count). The Labute approximate surface area is 144 Å². The predicted octanol–water partition coefficient (Wildman–Crippen LogP) is 1.77. The summed E-state index contributed by atoms with van der Waals surface area (Å²) in [5.74, 6) is 0.470. The van der Waals surface area contributed by atoms with Gasteiger partial charge in [0.2, 0.25) is 11.8 Å². The topological polar surface area (TPSA) is 96.5 Å². The third kappa shape index (κ3) is 3.79. The van der Waals surface area contributed by atoms with E-state index < -0.39 is 0 Å². The van der Waals surface area contributed by atoms with E-state index in [1.807, 2.05) is 6.92 Å². The number of benzene rings is 1. The van der Waals surface area contributed by atoms with Gasteiger partial charge in [-0.05, 0) is 18.4 Å². The van der Waals surface area contributed by atoms with Crippen LogP contribution in [-0.2, 0) is 14.4 Å². The molecule has 7 nitrogen and oxygen atoms in total. The number of ether oxygens (including phenoxy) is 1. The minimum Gasteiger partial charge on any atom is -0.482 e. The highest BCUT2D eigenvalue weighted by atomic mass is 35.5. The zero-order valence-electron chi connectivity index (χ0n) is 13.1. The molecule has 1 saturated carbocycles. The van der Waals surface area contributed by atoms with Crippen molar-refractivity contribution in [1.29, 1.82) is 0 Å². The summed E-state index contributed by atoms with van der Waals surface area (Å²) >= 11 is 6.11. The van der Waals surface area contributed by atoms with Crippen LogP contribution in [-0.4, -0.2) is 30.9 Å². The van der Waals surface area contributed by atoms with Crippen molar-refractivity contribution in [1.82, 2.24) is 5.32 Å². The molecule has 24 heavy (non-hydrogen) atoms. The predicted molar refractivity (Wildman–Crippen MR) is 89.1 cm³/mol. The maximum atomic E-state index is 12.0. The van der Waals surface area contributed by atoms with Crippen LogP contribution >= 0.6 is 11.6 Å². The highest BCUT2D eigenvalue weighted by Gasteiger charge is 2.38. The van der Waals surface area contributed by atoms with E-state index in [1.165, 1.54) is 6.07 Å². The molecular weight excluding hydrogens is 334 g/mol. The van der Waals surface area contributed by atoms with Gasteiger partial charge < -0.3 is 20.7 Å². The summed E-state index contributed by atoms with van der Waals surface area (Å²) in [7, 11) is 0. The maximum Gasteiger partial charge on any atom is 0.262 e. The summed E-state index contributed by atoms with van der Waals surface area (Å²) in [5, 5.41) is 8.37. The zero-order valence-corrected chi connectivity index (χ0v) is 13.9. The highest BCUT2D eigenvalue weighted by molar-refractivity contribution is 6.34. The first-order valence-corrected chi connectivity index (χ1v) is 8.15. The second-order valence-corrected chi connectivity index (χ2v) is 6.48. The number of nitrogens with one attached hydrogen (secondary N) is 3. The number of anilines is 2. The molecule has 3 amide bonds. The molecule has 3 N–H and O–H groups in total. The molecule has 0 bridgehead atoms. The molecular formula is C16H18ClN3O4. The van der Waals surface area contributed by atoms with Gasteiger partial charge in [0.05, 0.1) is 16.4 Å². The van der Waals surface area contributed by atoms with E-state index in [2.05, 4.69) is 16.0 Å². The van der Waals surface area contributed by atoms with Crippen molar-refractivity contribution in [3.05, 3.63) is 17.2 Å². The molecule has 0 saturated heterocycles. The standard InChI is InChI=1S/C16H18ClN3O4/c1-8-4-9(8)16(23)18-3-2-14(21)19-11-6-13-12(5-10(11)17)20-15(22)7-24-13/h5-6,8-9H,2-4,7H2,1H3,(H,18,23)(H,19,21)(H,20,22)/t8-,9+/m0/s1. The molecule has 0 aromatic heterocycles. The molecule has 128 valence electrons. The van der Waals surface area contributed by atoms with Crippen LogP contribution in [0.15, 0.2) is 12.1 Å². The lowest BCUT2D eigenvalue weighted by atomic mass is 10.2. The minimum absolute atomic E-state index is 0.00579. The van der Waals surface area contributed by atoms with E-state index in [-0.39, 0.29) is 43.2 Å². The van der Waals surface area contributed by atoms with Gasteiger partial charge in [0.15, 0.2) is 6.61 Å². The van der Waals surface area contributed by atoms with Crippen LogP contribution in [0.4, 0.5) is 11.4 Å². The number of hydrogen-bond acceptors (Lipinski definition) is 4. The van der Waals surface area contributed by atoms with Crippen LogP contribution in [0.25, 0.3) is 0 Å². The molecule has 1 aromatic carbocycles. The number of rotatable bonds is 5. The molecule has 2 aliphatic rings. The average Bonchev–Trinajstić information content (AvgIpc) is 3.25. The number of amides is 3. The Kier molecular flexibility index (Phi) is 4.62. The van der Waals surface area contributed by atoms with E-state index in [4.69, 9.17) is 16.3 Å². The Balaban J connectivity index is 1.52. The first-order chi connectivity index (χ1) is 11.4. The molecule has 1 aromatic rings. The quantitative estimate of drug-likeness (QED) is 0.753. The summed E-state index contributed by atoms with van der Waals surface area (Å²) in [6.45, 7) is 2.23. The van der Waals surface area contributed by atoms with Gasteiger partial charge in [0, 0.05) is 24.9 Å². The van der Waals surface area contributed by atoms with Crippen LogP contribution < -0.4 is 20.7 Å². The van der Waals surface area contributed by atoms with Crippen molar-refractivity contribution < 1.29 is 19.1 Å². The molecule has 8 heteroatoms. The zero-order chi connectivity index (χ0) is 17.3. The smallest absolute Gasteiger partial charge is 0.262 e. The summed E-state index contributed by atoms with van der Waals surface area (Å²) in [6.07, 6.45) is 1.07. The van der Waals surface area contributed by atoms with Gasteiger partial charge in [-0.3, -0.25) is 14.4 Å². The summed E-state index contributed by atoms with van der Waals surface area (Å²) in [6, 6.07) is 3.10. The first kappa shape index (κ1) is 16.6. The molecule has 1 aliphatic carbocycles. The van der Waals surface area contributed by atoms with E-state index in [0.29, 0.717) is 28.1 Å². The second kappa shape index (κ2) is 6.68. The van der Waals surface area contributed by atoms with Gasteiger partial charge in [-0.25, -0.2) is 0 Å². The summed E-state index contributed by atoms with van der Waals surface area (Å²) < 4.78 is 5.29. The highest BCUT2D eigenvalue weighted by Crippen LogP contribution is 2.38. The van der Waals surface area contributed by atoms with Crippen LogP contribution in [0.1, 0.15) is 19.8 Å². The van der Waals surface area contributed by atoms with Crippen molar-refractivity contribution in [2.24, 2.45) is 11.8 Å². The number of halogens is 1. The van der Waals surface area contributed by atoms with Crippen LogP contribution in [0.3, 0.4) is 0 Å². The number of carbonyl (C=O) groups excluding carboxylic acids is 3. The normalized spacial score (nSPS) is 21.2. The van der Waals surface area contributed by atoms with Crippen molar-refractivity contribution in [2.45, 2.75) is 19.8 Å². The largest absolute Gasteiger partial charge is 0.482 e. The molecule has 1 fully saturated rings. The Hall–Kier alpha value is -2.28. The number of fused-ring (bicyclic) bond motifs is 1. The van der Waals surface area contributed by atoms with Gasteiger partial charge in [-0.1, -0.05) is 18.5 Å². The molecule has 1 heterocycles. The van der Waals surface area contributed by atoms with E-state index in [9.17, 15) is 14.4 Å². The van der Waals surface area contributed by atoms with Gasteiger partial charge >= 0.3 is 0 Å². The van der Waals surface area contributed by atoms with Gasteiger partial charge in [-0.2, -0.15) is 0 Å². The SMILES string of the molecule is C[C@H]1C[C@H]1C(=O)NCCC(=O)Nc1cc2c(cc1Cl)NC(=O)CO2. The van der Waals surface area contributed by atoms with Gasteiger partial charge in [-0.15, -0.1) is 0 Å². The van der Waals surface area contributed by atoms with Gasteiger partial charge in [0.1, 0.15) is 5.75 Å². The lowest BCUT2D eigenvalue weighted by Crippen LogP contribution is -2.29. The monoisotopic (exact) mass is 351 g/mol.